The van der Waals surface area contributed by atoms with Gasteiger partial charge in [0.05, 0.1) is 12.2 Å². The van der Waals surface area contributed by atoms with Gasteiger partial charge in [0.1, 0.15) is 11.6 Å². The fraction of sp³-hybridized carbons (Fsp3) is 0.818. The average molecular weight is 542 g/mol. The van der Waals surface area contributed by atoms with Gasteiger partial charge in [-0.05, 0) is 63.3 Å². The number of rotatable bonds is 6. The fourth-order valence-corrected chi connectivity index (χ4v) is 10.3. The van der Waals surface area contributed by atoms with Crippen LogP contribution in [0, 0.1) is 39.9 Å². The normalized spacial score (nSPS) is 44.0. The molecule has 3 saturated carbocycles. The van der Waals surface area contributed by atoms with Crippen LogP contribution in [0.15, 0.2) is 23.3 Å². The fourth-order valence-electron chi connectivity index (χ4n) is 10.3. The SMILES string of the molecule is CC1=C[C@H]2[C@@]3(O)[C@H](C)C[C@]4(OC(=O)[C@H](CC5CCCCC5)N(C)C)[C@@H](C4(C)C)[C@]3(C)C=C(CO)C[C@]2(C)C1=O. The summed E-state index contributed by atoms with van der Waals surface area (Å²) in [4.78, 5) is 29.5. The topological polar surface area (TPSA) is 87.1 Å². The summed E-state index contributed by atoms with van der Waals surface area (Å²) in [6.07, 6.45) is 12.0. The van der Waals surface area contributed by atoms with E-state index in [0.29, 0.717) is 24.3 Å². The third kappa shape index (κ3) is 3.83. The maximum atomic E-state index is 14.0. The Labute approximate surface area is 235 Å². The van der Waals surface area contributed by atoms with Crippen LogP contribution < -0.4 is 0 Å². The van der Waals surface area contributed by atoms with E-state index in [1.54, 1.807) is 0 Å². The van der Waals surface area contributed by atoms with Crippen molar-refractivity contribution in [2.75, 3.05) is 20.7 Å². The van der Waals surface area contributed by atoms with Crippen molar-refractivity contribution in [3.63, 3.8) is 0 Å². The van der Waals surface area contributed by atoms with Crippen LogP contribution in [0.25, 0.3) is 0 Å². The van der Waals surface area contributed by atoms with Crippen molar-refractivity contribution >= 4 is 11.8 Å². The Morgan fingerprint density at radius 2 is 1.79 bits per heavy atom. The van der Waals surface area contributed by atoms with E-state index < -0.39 is 22.0 Å². The van der Waals surface area contributed by atoms with Gasteiger partial charge in [-0.1, -0.05) is 78.9 Å². The molecule has 6 nitrogen and oxygen atoms in total. The quantitative estimate of drug-likeness (QED) is 0.360. The first-order chi connectivity index (χ1) is 18.1. The van der Waals surface area contributed by atoms with Gasteiger partial charge < -0.3 is 14.9 Å². The van der Waals surface area contributed by atoms with Gasteiger partial charge in [0.2, 0.25) is 0 Å². The molecule has 39 heavy (non-hydrogen) atoms. The van der Waals surface area contributed by atoms with E-state index in [1.807, 2.05) is 38.9 Å². The van der Waals surface area contributed by atoms with Crippen molar-refractivity contribution < 1.29 is 24.5 Å². The third-order valence-electron chi connectivity index (χ3n) is 12.2. The van der Waals surface area contributed by atoms with E-state index in [0.717, 1.165) is 12.0 Å². The number of aliphatic hydroxyl groups is 2. The Balaban J connectivity index is 1.53. The molecule has 0 aromatic carbocycles. The lowest BCUT2D eigenvalue weighted by Crippen LogP contribution is -2.63. The number of likely N-dealkylation sites (N-methyl/N-ethyl adjacent to an activating group) is 1. The number of ketones is 1. The number of carbonyl (C=O) groups excluding carboxylic acids is 2. The largest absolute Gasteiger partial charge is 0.457 e. The highest BCUT2D eigenvalue weighted by atomic mass is 16.6. The number of Topliss-reactive ketones (excluding diaryl/α,β-unsaturated/α-hetero) is 1. The minimum Gasteiger partial charge on any atom is -0.457 e. The predicted molar refractivity (Wildman–Crippen MR) is 152 cm³/mol. The second-order valence-electron chi connectivity index (χ2n) is 15.1. The van der Waals surface area contributed by atoms with Gasteiger partial charge in [-0.25, -0.2) is 0 Å². The molecule has 0 radical (unpaired) electrons. The van der Waals surface area contributed by atoms with Gasteiger partial charge in [0.25, 0.3) is 0 Å². The first-order valence-electron chi connectivity index (χ1n) is 15.3. The van der Waals surface area contributed by atoms with Crippen molar-refractivity contribution in [2.45, 2.75) is 110 Å². The molecule has 5 aliphatic carbocycles. The Bertz CT molecular complexity index is 1100. The molecule has 0 bridgehead atoms. The molecule has 0 heterocycles. The number of carbonyl (C=O) groups is 2. The van der Waals surface area contributed by atoms with Crippen LogP contribution in [0.5, 0.6) is 0 Å². The molecule has 5 aliphatic rings. The number of hydrogen-bond acceptors (Lipinski definition) is 6. The Morgan fingerprint density at radius 1 is 1.15 bits per heavy atom. The Hall–Kier alpha value is -1.50. The van der Waals surface area contributed by atoms with Gasteiger partial charge in [-0.2, -0.15) is 0 Å². The van der Waals surface area contributed by atoms with Crippen LogP contribution in [0.1, 0.15) is 92.9 Å². The second-order valence-corrected chi connectivity index (χ2v) is 15.1. The summed E-state index contributed by atoms with van der Waals surface area (Å²) in [5.41, 5.74) is -2.39. The Kier molecular flexibility index (Phi) is 6.88. The van der Waals surface area contributed by atoms with Crippen LogP contribution >= 0.6 is 0 Å². The number of hydrogen-bond donors (Lipinski definition) is 2. The third-order valence-corrected chi connectivity index (χ3v) is 12.2. The van der Waals surface area contributed by atoms with Gasteiger partial charge >= 0.3 is 5.97 Å². The molecule has 2 N–H and O–H groups in total. The lowest BCUT2D eigenvalue weighted by Gasteiger charge is -2.56. The van der Waals surface area contributed by atoms with Crippen LogP contribution in [-0.2, 0) is 14.3 Å². The number of ether oxygens (including phenoxy) is 1. The van der Waals surface area contributed by atoms with E-state index in [1.165, 1.54) is 32.1 Å². The van der Waals surface area contributed by atoms with E-state index in [2.05, 4.69) is 33.8 Å². The second kappa shape index (κ2) is 9.25. The molecule has 0 aromatic heterocycles. The molecule has 5 rings (SSSR count). The maximum Gasteiger partial charge on any atom is 0.323 e. The van der Waals surface area contributed by atoms with Gasteiger partial charge in [0.15, 0.2) is 5.78 Å². The van der Waals surface area contributed by atoms with Crippen molar-refractivity contribution in [3.05, 3.63) is 23.3 Å². The summed E-state index contributed by atoms with van der Waals surface area (Å²) in [7, 11) is 3.94. The lowest BCUT2D eigenvalue weighted by molar-refractivity contribution is -0.201. The zero-order chi connectivity index (χ0) is 28.8. The van der Waals surface area contributed by atoms with Gasteiger partial charge in [-0.3, -0.25) is 14.5 Å². The molecule has 0 aliphatic heterocycles. The van der Waals surface area contributed by atoms with E-state index in [4.69, 9.17) is 4.74 Å². The van der Waals surface area contributed by atoms with Crippen molar-refractivity contribution in [1.29, 1.82) is 0 Å². The van der Waals surface area contributed by atoms with Crippen LogP contribution in [0.3, 0.4) is 0 Å². The van der Waals surface area contributed by atoms with Crippen molar-refractivity contribution in [1.82, 2.24) is 4.90 Å². The minimum absolute atomic E-state index is 0.0617. The molecule has 0 saturated heterocycles. The maximum absolute atomic E-state index is 14.0. The molecule has 0 amide bonds. The summed E-state index contributed by atoms with van der Waals surface area (Å²) in [6, 6.07) is -0.289. The molecule has 6 heteroatoms. The lowest BCUT2D eigenvalue weighted by atomic mass is 9.51. The highest BCUT2D eigenvalue weighted by Crippen LogP contribution is 2.81. The monoisotopic (exact) mass is 541 g/mol. The summed E-state index contributed by atoms with van der Waals surface area (Å²) in [6.45, 7) is 12.1. The summed E-state index contributed by atoms with van der Waals surface area (Å²) in [5.74, 6) is -0.266. The first kappa shape index (κ1) is 29.0. The highest BCUT2D eigenvalue weighted by molar-refractivity contribution is 6.02. The van der Waals surface area contributed by atoms with Crippen LogP contribution in [-0.4, -0.2) is 64.8 Å². The standard InChI is InChI=1S/C33H51NO5/c1-20-14-25-30(5,26(20)36)17-23(19-35)18-31(6)28-29(3,4)32(28,16-21(2)33(25,31)38)39-27(37)24(34(7)8)15-22-12-10-9-11-13-22/h14,18,21-22,24-25,28,35,38H,9-13,15-17,19H2,1-8H3/t21-,24+,25-,28+,30+,31+,32+,33+/m1/s1. The number of nitrogens with zero attached hydrogens (tertiary/aromatic N) is 1. The molecular formula is C33H51NO5. The number of fused-ring (bicyclic) bond motifs is 5. The average Bonchev–Trinajstić information content (AvgIpc) is 3.28. The van der Waals surface area contributed by atoms with Crippen molar-refractivity contribution in [2.24, 2.45) is 39.9 Å². The highest BCUT2D eigenvalue weighted by Gasteiger charge is 2.86. The molecule has 0 unspecified atom stereocenters. The summed E-state index contributed by atoms with van der Waals surface area (Å²) < 4.78 is 6.69. The molecule has 0 aromatic rings. The Morgan fingerprint density at radius 3 is 2.38 bits per heavy atom. The van der Waals surface area contributed by atoms with Crippen LogP contribution in [0.4, 0.5) is 0 Å². The number of aliphatic hydroxyl groups excluding tert-OH is 1. The van der Waals surface area contributed by atoms with Crippen molar-refractivity contribution in [3.8, 4) is 0 Å². The molecule has 3 fully saturated rings. The van der Waals surface area contributed by atoms with E-state index >= 15 is 0 Å². The smallest absolute Gasteiger partial charge is 0.323 e. The van der Waals surface area contributed by atoms with E-state index in [-0.39, 0.29) is 47.6 Å². The molecule has 218 valence electrons. The predicted octanol–water partition coefficient (Wildman–Crippen LogP) is 5.08. The summed E-state index contributed by atoms with van der Waals surface area (Å²) in [5, 5.41) is 23.3. The van der Waals surface area contributed by atoms with Gasteiger partial charge in [-0.15, -0.1) is 0 Å². The van der Waals surface area contributed by atoms with E-state index in [9.17, 15) is 19.8 Å². The zero-order valence-corrected chi connectivity index (χ0v) is 25.5. The molecule has 8 atom stereocenters. The summed E-state index contributed by atoms with van der Waals surface area (Å²) >= 11 is 0. The zero-order valence-electron chi connectivity index (χ0n) is 25.5. The molecule has 0 spiro atoms. The number of esters is 1. The first-order valence-corrected chi connectivity index (χ1v) is 15.3. The number of allylic oxidation sites excluding steroid dienone is 1. The minimum atomic E-state index is -1.22. The van der Waals surface area contributed by atoms with Crippen LogP contribution in [0.2, 0.25) is 0 Å². The van der Waals surface area contributed by atoms with Gasteiger partial charge in [0, 0.05) is 28.1 Å². The molecular weight excluding hydrogens is 490 g/mol.